The normalized spacial score (nSPS) is 16.9. The number of likely N-dealkylation sites (tertiary alicyclic amines) is 1. The molecule has 0 amide bonds. The van der Waals surface area contributed by atoms with Crippen LogP contribution in [0.4, 0.5) is 0 Å². The number of unbranched alkanes of at least 4 members (excludes halogenated alkanes) is 1. The van der Waals surface area contributed by atoms with E-state index in [1.807, 2.05) is 18.2 Å². The van der Waals surface area contributed by atoms with Crippen molar-refractivity contribution in [2.45, 2.75) is 51.0 Å². The first-order valence-electron chi connectivity index (χ1n) is 12.2. The monoisotopic (exact) mass is 516 g/mol. The number of piperidine rings is 1. The summed E-state index contributed by atoms with van der Waals surface area (Å²) in [7, 11) is 1.59. The van der Waals surface area contributed by atoms with Crippen LogP contribution >= 0.6 is 22.9 Å². The molecule has 1 aliphatic rings. The van der Waals surface area contributed by atoms with Crippen LogP contribution in [-0.2, 0) is 11.2 Å². The van der Waals surface area contributed by atoms with E-state index >= 15 is 0 Å². The Labute approximate surface area is 215 Å². The Hall–Kier alpha value is -2.19. The predicted molar refractivity (Wildman–Crippen MR) is 140 cm³/mol. The number of pyridine rings is 1. The van der Waals surface area contributed by atoms with Gasteiger partial charge in [-0.15, -0.1) is 11.3 Å². The van der Waals surface area contributed by atoms with Gasteiger partial charge in [0.25, 0.3) is 0 Å². The summed E-state index contributed by atoms with van der Waals surface area (Å²) in [6.07, 6.45) is 5.96. The fraction of sp³-hybridized carbons (Fsp3) is 0.481. The topological polar surface area (TPSA) is 82.9 Å². The number of aliphatic carboxylic acids is 1. The van der Waals surface area contributed by atoms with Gasteiger partial charge in [-0.05, 0) is 94.2 Å². The molecule has 2 N–H and O–H groups in total. The summed E-state index contributed by atoms with van der Waals surface area (Å²) >= 11 is 8.24. The molecule has 0 radical (unpaired) electrons. The summed E-state index contributed by atoms with van der Waals surface area (Å²) in [5.41, 5.74) is 0.477. The number of aryl methyl sites for hydroxylation is 1. The molecule has 0 aliphatic carbocycles. The van der Waals surface area contributed by atoms with E-state index in [1.165, 1.54) is 4.88 Å². The third-order valence-electron chi connectivity index (χ3n) is 7.29. The van der Waals surface area contributed by atoms with E-state index in [4.69, 9.17) is 16.3 Å². The lowest BCUT2D eigenvalue weighted by atomic mass is 9.74. The second-order valence-electron chi connectivity index (χ2n) is 9.42. The van der Waals surface area contributed by atoms with E-state index in [2.05, 4.69) is 27.4 Å². The number of halogens is 1. The van der Waals surface area contributed by atoms with Crippen molar-refractivity contribution in [1.29, 1.82) is 0 Å². The molecule has 1 aliphatic heterocycles. The smallest absolute Gasteiger partial charge is 0.309 e. The number of benzene rings is 1. The standard InChI is InChI=1S/C27H33ClN2O4S/c1-34-19-7-8-23-21(17-19)25(22(28)18-29-23)24(31)9-10-27(26(32)33)11-14-30(15-12-27)13-3-2-5-20-6-4-16-35-20/h4,6-8,16-18,24,31H,2-3,5,9-15H2,1H3,(H,32,33)/t24-/m1/s1. The Morgan fingerprint density at radius 2 is 2.09 bits per heavy atom. The zero-order valence-corrected chi connectivity index (χ0v) is 21.7. The highest BCUT2D eigenvalue weighted by atomic mass is 35.5. The first kappa shape index (κ1) is 25.9. The Bertz CT molecular complexity index is 1130. The lowest BCUT2D eigenvalue weighted by Gasteiger charge is -2.39. The molecule has 35 heavy (non-hydrogen) atoms. The quantitative estimate of drug-likeness (QED) is 0.306. The first-order valence-corrected chi connectivity index (χ1v) is 13.5. The van der Waals surface area contributed by atoms with E-state index in [9.17, 15) is 15.0 Å². The lowest BCUT2D eigenvalue weighted by Crippen LogP contribution is -2.44. The van der Waals surface area contributed by atoms with Crippen molar-refractivity contribution in [2.24, 2.45) is 5.41 Å². The van der Waals surface area contributed by atoms with E-state index in [0.29, 0.717) is 47.5 Å². The molecule has 8 heteroatoms. The van der Waals surface area contributed by atoms with Gasteiger partial charge < -0.3 is 19.8 Å². The fourth-order valence-corrected chi connectivity index (χ4v) is 6.08. The molecular formula is C27H33ClN2O4S. The number of aliphatic hydroxyl groups excluding tert-OH is 1. The zero-order valence-electron chi connectivity index (χ0n) is 20.1. The Kier molecular flexibility index (Phi) is 8.65. The molecule has 0 bridgehead atoms. The number of carboxylic acids is 1. The first-order chi connectivity index (χ1) is 16.9. The average Bonchev–Trinajstić information content (AvgIpc) is 3.39. The van der Waals surface area contributed by atoms with Gasteiger partial charge in [-0.3, -0.25) is 9.78 Å². The molecule has 0 saturated carbocycles. The van der Waals surface area contributed by atoms with Crippen LogP contribution in [0.2, 0.25) is 5.02 Å². The molecule has 0 unspecified atom stereocenters. The van der Waals surface area contributed by atoms with Gasteiger partial charge in [0.05, 0.1) is 29.2 Å². The maximum Gasteiger partial charge on any atom is 0.309 e. The Morgan fingerprint density at radius 1 is 1.29 bits per heavy atom. The highest BCUT2D eigenvalue weighted by Gasteiger charge is 2.41. The predicted octanol–water partition coefficient (Wildman–Crippen LogP) is 5.96. The van der Waals surface area contributed by atoms with Crippen molar-refractivity contribution < 1.29 is 19.7 Å². The van der Waals surface area contributed by atoms with Crippen LogP contribution in [0.5, 0.6) is 5.75 Å². The summed E-state index contributed by atoms with van der Waals surface area (Å²) in [4.78, 5) is 20.5. The maximum absolute atomic E-state index is 12.3. The molecule has 1 atom stereocenters. The number of hydrogen-bond acceptors (Lipinski definition) is 6. The van der Waals surface area contributed by atoms with Crippen LogP contribution in [0, 0.1) is 5.41 Å². The van der Waals surface area contributed by atoms with Crippen LogP contribution in [-0.4, -0.2) is 52.8 Å². The average molecular weight is 517 g/mol. The minimum atomic E-state index is -0.883. The van der Waals surface area contributed by atoms with Crippen LogP contribution < -0.4 is 4.74 Å². The molecule has 3 heterocycles. The summed E-state index contributed by atoms with van der Waals surface area (Å²) < 4.78 is 5.33. The summed E-state index contributed by atoms with van der Waals surface area (Å²) in [5, 5.41) is 24.4. The fourth-order valence-electron chi connectivity index (χ4n) is 5.06. The molecular weight excluding hydrogens is 484 g/mol. The molecule has 2 aromatic heterocycles. The van der Waals surface area contributed by atoms with Crippen molar-refractivity contribution >= 4 is 39.8 Å². The number of nitrogens with zero attached hydrogens (tertiary/aromatic N) is 2. The molecule has 0 spiro atoms. The molecule has 3 aromatic rings. The molecule has 1 aromatic carbocycles. The van der Waals surface area contributed by atoms with Crippen molar-refractivity contribution in [1.82, 2.24) is 9.88 Å². The van der Waals surface area contributed by atoms with Gasteiger partial charge >= 0.3 is 5.97 Å². The van der Waals surface area contributed by atoms with Crippen LogP contribution in [0.3, 0.4) is 0 Å². The van der Waals surface area contributed by atoms with Gasteiger partial charge in [0.15, 0.2) is 0 Å². The Balaban J connectivity index is 1.35. The number of carbonyl (C=O) groups is 1. The number of ether oxygens (including phenoxy) is 1. The second-order valence-corrected chi connectivity index (χ2v) is 10.9. The number of methoxy groups -OCH3 is 1. The molecule has 188 valence electrons. The zero-order chi connectivity index (χ0) is 24.8. The number of rotatable bonds is 11. The van der Waals surface area contributed by atoms with E-state index in [-0.39, 0.29) is 0 Å². The second kappa shape index (κ2) is 11.7. The minimum absolute atomic E-state index is 0.323. The van der Waals surface area contributed by atoms with Gasteiger partial charge in [0, 0.05) is 22.0 Å². The summed E-state index contributed by atoms with van der Waals surface area (Å²) in [6.45, 7) is 2.55. The van der Waals surface area contributed by atoms with Crippen LogP contribution in [0.1, 0.15) is 55.1 Å². The van der Waals surface area contributed by atoms with E-state index in [1.54, 1.807) is 24.6 Å². The highest BCUT2D eigenvalue weighted by molar-refractivity contribution is 7.09. The van der Waals surface area contributed by atoms with Crippen LogP contribution in [0.25, 0.3) is 10.9 Å². The van der Waals surface area contributed by atoms with Gasteiger partial charge in [-0.1, -0.05) is 17.7 Å². The third kappa shape index (κ3) is 6.15. The molecule has 1 fully saturated rings. The highest BCUT2D eigenvalue weighted by Crippen LogP contribution is 2.41. The molecule has 4 rings (SSSR count). The van der Waals surface area contributed by atoms with Gasteiger partial charge in [-0.2, -0.15) is 0 Å². The van der Waals surface area contributed by atoms with Gasteiger partial charge in [0.2, 0.25) is 0 Å². The molecule has 1 saturated heterocycles. The third-order valence-corrected chi connectivity index (χ3v) is 8.53. The maximum atomic E-state index is 12.3. The van der Waals surface area contributed by atoms with Crippen LogP contribution in [0.15, 0.2) is 41.9 Å². The number of hydrogen-bond donors (Lipinski definition) is 2. The molecule has 6 nitrogen and oxygen atoms in total. The van der Waals surface area contributed by atoms with Gasteiger partial charge in [0.1, 0.15) is 5.75 Å². The van der Waals surface area contributed by atoms with E-state index in [0.717, 1.165) is 44.3 Å². The minimum Gasteiger partial charge on any atom is -0.497 e. The SMILES string of the molecule is COc1ccc2ncc(Cl)c([C@H](O)CCC3(C(=O)O)CCN(CCCCc4cccs4)CC3)c2c1. The van der Waals surface area contributed by atoms with Crippen molar-refractivity contribution in [3.63, 3.8) is 0 Å². The van der Waals surface area contributed by atoms with Gasteiger partial charge in [-0.25, -0.2) is 0 Å². The van der Waals surface area contributed by atoms with Crippen molar-refractivity contribution in [3.05, 3.63) is 57.4 Å². The lowest BCUT2D eigenvalue weighted by molar-refractivity contribution is -0.153. The number of thiophene rings is 1. The van der Waals surface area contributed by atoms with Crippen molar-refractivity contribution in [3.8, 4) is 5.75 Å². The van der Waals surface area contributed by atoms with E-state index < -0.39 is 17.5 Å². The summed E-state index contributed by atoms with van der Waals surface area (Å²) in [6, 6.07) is 9.73. The number of fused-ring (bicyclic) bond motifs is 1. The largest absolute Gasteiger partial charge is 0.497 e. The number of carboxylic acid groups (broad SMARTS) is 1. The van der Waals surface area contributed by atoms with Crippen molar-refractivity contribution in [2.75, 3.05) is 26.7 Å². The Morgan fingerprint density at radius 3 is 2.77 bits per heavy atom. The number of aromatic nitrogens is 1. The number of aliphatic hydroxyl groups is 1. The summed E-state index contributed by atoms with van der Waals surface area (Å²) in [5.74, 6) is -0.116.